The van der Waals surface area contributed by atoms with E-state index in [2.05, 4.69) is 4.98 Å². The van der Waals surface area contributed by atoms with Gasteiger partial charge in [0.15, 0.2) is 0 Å². The van der Waals surface area contributed by atoms with Crippen molar-refractivity contribution in [1.82, 2.24) is 4.98 Å². The van der Waals surface area contributed by atoms with Gasteiger partial charge in [-0.3, -0.25) is 0 Å². The topological polar surface area (TPSA) is 33.1 Å². The van der Waals surface area contributed by atoms with Crippen LogP contribution in [-0.2, 0) is 0 Å². The Balaban J connectivity index is 2.65. The second-order valence-corrected chi connectivity index (χ2v) is 2.72. The third-order valence-corrected chi connectivity index (χ3v) is 2.00. The Labute approximate surface area is 58.2 Å². The standard InChI is InChI=1S/C6H9NOS/c1-2-5(8)6-7-3-4-9-6/h3-5,8H,2H2,1H3/t5-/m0/s1. The first-order valence-corrected chi connectivity index (χ1v) is 3.80. The Kier molecular flexibility index (Phi) is 2.19. The summed E-state index contributed by atoms with van der Waals surface area (Å²) in [4.78, 5) is 3.96. The number of hydrogen-bond acceptors (Lipinski definition) is 3. The van der Waals surface area contributed by atoms with Gasteiger partial charge in [0, 0.05) is 11.6 Å². The third-order valence-electron chi connectivity index (χ3n) is 1.12. The number of rotatable bonds is 2. The molecule has 1 N–H and O–H groups in total. The Morgan fingerprint density at radius 1 is 1.89 bits per heavy atom. The number of aliphatic hydroxyl groups excluding tert-OH is 1. The molecule has 0 saturated heterocycles. The van der Waals surface area contributed by atoms with Crippen LogP contribution in [0.25, 0.3) is 0 Å². The zero-order valence-electron chi connectivity index (χ0n) is 5.24. The molecule has 1 aromatic heterocycles. The maximum absolute atomic E-state index is 9.17. The highest BCUT2D eigenvalue weighted by Gasteiger charge is 2.04. The fraction of sp³-hybridized carbons (Fsp3) is 0.500. The van der Waals surface area contributed by atoms with Crippen LogP contribution in [-0.4, -0.2) is 10.1 Å². The first-order chi connectivity index (χ1) is 4.34. The molecule has 1 rings (SSSR count). The second-order valence-electron chi connectivity index (χ2n) is 1.79. The molecule has 0 bridgehead atoms. The molecule has 0 fully saturated rings. The highest BCUT2D eigenvalue weighted by atomic mass is 32.1. The Bertz CT molecular complexity index is 162. The van der Waals surface area contributed by atoms with Gasteiger partial charge >= 0.3 is 0 Å². The molecule has 0 aliphatic carbocycles. The van der Waals surface area contributed by atoms with Gasteiger partial charge in [-0.25, -0.2) is 4.98 Å². The van der Waals surface area contributed by atoms with Gasteiger partial charge in [0.1, 0.15) is 11.1 Å². The fourth-order valence-electron chi connectivity index (χ4n) is 0.574. The summed E-state index contributed by atoms with van der Waals surface area (Å²) in [5, 5.41) is 11.9. The Morgan fingerprint density at radius 3 is 3.11 bits per heavy atom. The zero-order valence-corrected chi connectivity index (χ0v) is 6.06. The van der Waals surface area contributed by atoms with Gasteiger partial charge in [-0.2, -0.15) is 0 Å². The SMILES string of the molecule is CC[C@H](O)c1nccs1. The summed E-state index contributed by atoms with van der Waals surface area (Å²) in [6.45, 7) is 1.94. The predicted octanol–water partition coefficient (Wildman–Crippen LogP) is 1.59. The predicted molar refractivity (Wildman–Crippen MR) is 37.4 cm³/mol. The van der Waals surface area contributed by atoms with Crippen molar-refractivity contribution in [2.45, 2.75) is 19.4 Å². The van der Waals surface area contributed by atoms with E-state index in [0.717, 1.165) is 11.4 Å². The van der Waals surface area contributed by atoms with Crippen molar-refractivity contribution in [3.63, 3.8) is 0 Å². The molecular weight excluding hydrogens is 134 g/mol. The van der Waals surface area contributed by atoms with Crippen LogP contribution < -0.4 is 0 Å². The first kappa shape index (κ1) is 6.71. The Hall–Kier alpha value is -0.410. The number of hydrogen-bond donors (Lipinski definition) is 1. The fourth-order valence-corrected chi connectivity index (χ4v) is 1.28. The molecule has 0 spiro atoms. The number of aliphatic hydroxyl groups is 1. The minimum atomic E-state index is -0.356. The number of thiazole rings is 1. The molecule has 1 aromatic rings. The molecule has 1 atom stereocenters. The summed E-state index contributed by atoms with van der Waals surface area (Å²) < 4.78 is 0. The zero-order chi connectivity index (χ0) is 6.69. The molecule has 0 saturated carbocycles. The molecule has 0 aliphatic heterocycles. The van der Waals surface area contributed by atoms with E-state index in [1.807, 2.05) is 12.3 Å². The monoisotopic (exact) mass is 143 g/mol. The lowest BCUT2D eigenvalue weighted by Crippen LogP contribution is -1.92. The molecule has 1 heterocycles. The van der Waals surface area contributed by atoms with Crippen LogP contribution in [0.2, 0.25) is 0 Å². The molecule has 0 aliphatic rings. The minimum Gasteiger partial charge on any atom is -0.386 e. The van der Waals surface area contributed by atoms with E-state index in [9.17, 15) is 0 Å². The summed E-state index contributed by atoms with van der Waals surface area (Å²) in [5.74, 6) is 0. The van der Waals surface area contributed by atoms with Crippen molar-refractivity contribution in [3.8, 4) is 0 Å². The van der Waals surface area contributed by atoms with Crippen molar-refractivity contribution in [2.75, 3.05) is 0 Å². The van der Waals surface area contributed by atoms with Gasteiger partial charge in [-0.05, 0) is 6.42 Å². The maximum atomic E-state index is 9.17. The molecule has 3 heteroatoms. The smallest absolute Gasteiger partial charge is 0.121 e. The van der Waals surface area contributed by atoms with E-state index >= 15 is 0 Å². The molecule has 0 aromatic carbocycles. The lowest BCUT2D eigenvalue weighted by Gasteiger charge is -1.99. The lowest BCUT2D eigenvalue weighted by molar-refractivity contribution is 0.173. The van der Waals surface area contributed by atoms with Crippen molar-refractivity contribution in [2.24, 2.45) is 0 Å². The van der Waals surface area contributed by atoms with Crippen LogP contribution in [0.3, 0.4) is 0 Å². The number of nitrogens with zero attached hydrogens (tertiary/aromatic N) is 1. The summed E-state index contributed by atoms with van der Waals surface area (Å²) in [6, 6.07) is 0. The molecular formula is C6H9NOS. The highest BCUT2D eigenvalue weighted by Crippen LogP contribution is 2.17. The molecule has 0 radical (unpaired) electrons. The summed E-state index contributed by atoms with van der Waals surface area (Å²) in [5.41, 5.74) is 0. The largest absolute Gasteiger partial charge is 0.386 e. The van der Waals surface area contributed by atoms with Gasteiger partial charge in [0.25, 0.3) is 0 Å². The van der Waals surface area contributed by atoms with Crippen LogP contribution in [0.4, 0.5) is 0 Å². The Morgan fingerprint density at radius 2 is 2.67 bits per heavy atom. The normalized spacial score (nSPS) is 13.6. The van der Waals surface area contributed by atoms with Gasteiger partial charge in [0.05, 0.1) is 0 Å². The van der Waals surface area contributed by atoms with Crippen LogP contribution in [0.15, 0.2) is 11.6 Å². The summed E-state index contributed by atoms with van der Waals surface area (Å²) in [6.07, 6.45) is 2.09. The van der Waals surface area contributed by atoms with E-state index in [-0.39, 0.29) is 6.10 Å². The molecule has 50 valence electrons. The van der Waals surface area contributed by atoms with E-state index in [1.165, 1.54) is 11.3 Å². The van der Waals surface area contributed by atoms with E-state index in [0.29, 0.717) is 0 Å². The second kappa shape index (κ2) is 2.94. The molecule has 9 heavy (non-hydrogen) atoms. The van der Waals surface area contributed by atoms with Crippen LogP contribution in [0.1, 0.15) is 24.5 Å². The molecule has 0 unspecified atom stereocenters. The quantitative estimate of drug-likeness (QED) is 0.682. The molecule has 0 amide bonds. The maximum Gasteiger partial charge on any atom is 0.121 e. The van der Waals surface area contributed by atoms with Gasteiger partial charge < -0.3 is 5.11 Å². The third kappa shape index (κ3) is 1.50. The minimum absolute atomic E-state index is 0.356. The van der Waals surface area contributed by atoms with Crippen LogP contribution >= 0.6 is 11.3 Å². The van der Waals surface area contributed by atoms with Crippen LogP contribution in [0.5, 0.6) is 0 Å². The van der Waals surface area contributed by atoms with Gasteiger partial charge in [-0.15, -0.1) is 11.3 Å². The van der Waals surface area contributed by atoms with Crippen molar-refractivity contribution < 1.29 is 5.11 Å². The average Bonchev–Trinajstić information content (AvgIpc) is 2.37. The number of aromatic nitrogens is 1. The van der Waals surface area contributed by atoms with Crippen molar-refractivity contribution >= 4 is 11.3 Å². The lowest BCUT2D eigenvalue weighted by atomic mass is 10.3. The van der Waals surface area contributed by atoms with Gasteiger partial charge in [-0.1, -0.05) is 6.92 Å². The van der Waals surface area contributed by atoms with E-state index < -0.39 is 0 Å². The van der Waals surface area contributed by atoms with Crippen LogP contribution in [0, 0.1) is 0 Å². The van der Waals surface area contributed by atoms with Crippen molar-refractivity contribution in [3.05, 3.63) is 16.6 Å². The average molecular weight is 143 g/mol. The summed E-state index contributed by atoms with van der Waals surface area (Å²) in [7, 11) is 0. The molecule has 2 nitrogen and oxygen atoms in total. The van der Waals surface area contributed by atoms with Gasteiger partial charge in [0.2, 0.25) is 0 Å². The van der Waals surface area contributed by atoms with Crippen molar-refractivity contribution in [1.29, 1.82) is 0 Å². The first-order valence-electron chi connectivity index (χ1n) is 2.92. The summed E-state index contributed by atoms with van der Waals surface area (Å²) >= 11 is 1.49. The van der Waals surface area contributed by atoms with E-state index in [1.54, 1.807) is 6.20 Å². The van der Waals surface area contributed by atoms with E-state index in [4.69, 9.17) is 5.11 Å². The highest BCUT2D eigenvalue weighted by molar-refractivity contribution is 7.09.